The fourth-order valence-electron chi connectivity index (χ4n) is 3.22. The Morgan fingerprint density at radius 2 is 1.96 bits per heavy atom. The average Bonchev–Trinajstić information content (AvgIpc) is 3.08. The molecule has 0 saturated carbocycles. The number of methoxy groups -OCH3 is 1. The normalized spacial score (nSPS) is 16.4. The van der Waals surface area contributed by atoms with E-state index in [-0.39, 0.29) is 29.7 Å². The second-order valence-corrected chi connectivity index (χ2v) is 6.45. The van der Waals surface area contributed by atoms with Gasteiger partial charge in [-0.1, -0.05) is 18.2 Å². The molecule has 2 heterocycles. The molecule has 1 fully saturated rings. The molecule has 1 N–H and O–H groups in total. The predicted octanol–water partition coefficient (Wildman–Crippen LogP) is 1.42. The van der Waals surface area contributed by atoms with Gasteiger partial charge in [0.1, 0.15) is 5.75 Å². The minimum absolute atomic E-state index is 0.0577. The zero-order valence-corrected chi connectivity index (χ0v) is 15.3. The van der Waals surface area contributed by atoms with Gasteiger partial charge in [0.15, 0.2) is 0 Å². The number of anilines is 1. The van der Waals surface area contributed by atoms with Gasteiger partial charge in [-0.05, 0) is 24.6 Å². The number of para-hydroxylation sites is 2. The van der Waals surface area contributed by atoms with Crippen LogP contribution in [0.2, 0.25) is 0 Å². The topological polar surface area (TPSA) is 80.6 Å². The van der Waals surface area contributed by atoms with Crippen LogP contribution in [-0.4, -0.2) is 36.6 Å². The second kappa shape index (κ2) is 8.53. The number of hydrogen-bond acceptors (Lipinski definition) is 4. The Morgan fingerprint density at radius 1 is 1.19 bits per heavy atom. The van der Waals surface area contributed by atoms with Crippen LogP contribution in [0.4, 0.5) is 5.69 Å². The van der Waals surface area contributed by atoms with Crippen LogP contribution in [0.15, 0.2) is 53.5 Å². The first-order chi connectivity index (χ1) is 13.1. The molecule has 1 aliphatic heterocycles. The number of carbonyl (C=O) groups is 2. The van der Waals surface area contributed by atoms with Gasteiger partial charge in [-0.3, -0.25) is 14.4 Å². The van der Waals surface area contributed by atoms with Gasteiger partial charge in [-0.15, -0.1) is 0 Å². The van der Waals surface area contributed by atoms with Crippen molar-refractivity contribution in [2.24, 2.45) is 5.92 Å². The van der Waals surface area contributed by atoms with E-state index in [1.54, 1.807) is 41.0 Å². The Morgan fingerprint density at radius 3 is 2.74 bits per heavy atom. The highest BCUT2D eigenvalue weighted by Gasteiger charge is 2.35. The Hall–Kier alpha value is -3.09. The quantitative estimate of drug-likeness (QED) is 0.749. The third-order valence-corrected chi connectivity index (χ3v) is 4.65. The minimum Gasteiger partial charge on any atom is -0.495 e. The molecule has 0 radical (unpaired) electrons. The lowest BCUT2D eigenvalue weighted by molar-refractivity contribution is -0.126. The molecular weight excluding hydrogens is 346 g/mol. The first-order valence-electron chi connectivity index (χ1n) is 8.96. The predicted molar refractivity (Wildman–Crippen MR) is 102 cm³/mol. The fourth-order valence-corrected chi connectivity index (χ4v) is 3.22. The highest BCUT2D eigenvalue weighted by molar-refractivity contribution is 6.01. The maximum absolute atomic E-state index is 12.4. The largest absolute Gasteiger partial charge is 0.495 e. The second-order valence-electron chi connectivity index (χ2n) is 6.45. The summed E-state index contributed by atoms with van der Waals surface area (Å²) in [5.74, 6) is -0.00119. The van der Waals surface area contributed by atoms with Crippen molar-refractivity contribution in [2.75, 3.05) is 25.1 Å². The van der Waals surface area contributed by atoms with Gasteiger partial charge in [0.05, 0.1) is 18.7 Å². The molecule has 2 aromatic rings. The van der Waals surface area contributed by atoms with E-state index in [4.69, 9.17) is 4.74 Å². The molecule has 7 heteroatoms. The molecule has 0 unspecified atom stereocenters. The summed E-state index contributed by atoms with van der Waals surface area (Å²) in [6, 6.07) is 12.3. The van der Waals surface area contributed by atoms with Crippen molar-refractivity contribution >= 4 is 17.5 Å². The number of pyridine rings is 1. The van der Waals surface area contributed by atoms with E-state index in [0.717, 1.165) is 0 Å². The Bertz CT molecular complexity index is 877. The summed E-state index contributed by atoms with van der Waals surface area (Å²) in [6.07, 6.45) is 2.56. The van der Waals surface area contributed by atoms with E-state index in [1.165, 1.54) is 6.07 Å². The maximum Gasteiger partial charge on any atom is 0.250 e. The number of rotatable bonds is 7. The molecule has 1 saturated heterocycles. The van der Waals surface area contributed by atoms with Crippen LogP contribution in [0.3, 0.4) is 0 Å². The van der Waals surface area contributed by atoms with Crippen molar-refractivity contribution in [1.82, 2.24) is 9.88 Å². The van der Waals surface area contributed by atoms with Crippen molar-refractivity contribution in [3.05, 3.63) is 59.0 Å². The van der Waals surface area contributed by atoms with E-state index in [0.29, 0.717) is 37.5 Å². The highest BCUT2D eigenvalue weighted by Crippen LogP contribution is 2.32. The molecule has 1 aromatic carbocycles. The molecule has 0 aliphatic carbocycles. The molecule has 0 bridgehead atoms. The lowest BCUT2D eigenvalue weighted by atomic mass is 10.1. The number of aryl methyl sites for hydroxylation is 1. The molecule has 1 atom stereocenters. The van der Waals surface area contributed by atoms with Crippen LogP contribution in [-0.2, 0) is 16.1 Å². The van der Waals surface area contributed by atoms with Crippen LogP contribution in [0.5, 0.6) is 5.75 Å². The lowest BCUT2D eigenvalue weighted by Crippen LogP contribution is -2.34. The van der Waals surface area contributed by atoms with Crippen LogP contribution in [0, 0.1) is 5.92 Å². The standard InChI is InChI=1S/C20H23N3O4/c1-27-17-8-3-2-7-16(17)23-14-15(13-19(23)25)20(26)21-10-6-12-22-11-5-4-9-18(22)24/h2-5,7-9,11,15H,6,10,12-14H2,1H3,(H,21,26)/t15-/m1/s1. The van der Waals surface area contributed by atoms with Gasteiger partial charge in [-0.25, -0.2) is 0 Å². The van der Waals surface area contributed by atoms with Gasteiger partial charge in [0.2, 0.25) is 17.4 Å². The summed E-state index contributed by atoms with van der Waals surface area (Å²) in [7, 11) is 1.56. The number of ether oxygens (including phenoxy) is 1. The summed E-state index contributed by atoms with van der Waals surface area (Å²) in [6.45, 7) is 1.33. The van der Waals surface area contributed by atoms with Crippen LogP contribution < -0.4 is 20.5 Å². The Kier molecular flexibility index (Phi) is 5.90. The maximum atomic E-state index is 12.4. The van der Waals surface area contributed by atoms with Crippen LogP contribution in [0.25, 0.3) is 0 Å². The third-order valence-electron chi connectivity index (χ3n) is 4.65. The van der Waals surface area contributed by atoms with Gasteiger partial charge >= 0.3 is 0 Å². The molecule has 2 amide bonds. The van der Waals surface area contributed by atoms with Crippen molar-refractivity contribution in [1.29, 1.82) is 0 Å². The minimum atomic E-state index is -0.387. The third kappa shape index (κ3) is 4.36. The van der Waals surface area contributed by atoms with Crippen molar-refractivity contribution in [3.8, 4) is 5.75 Å². The molecule has 1 aliphatic rings. The molecule has 142 valence electrons. The average molecular weight is 369 g/mol. The number of carbonyl (C=O) groups excluding carboxylic acids is 2. The molecule has 7 nitrogen and oxygen atoms in total. The number of nitrogens with zero attached hydrogens (tertiary/aromatic N) is 2. The zero-order valence-electron chi connectivity index (χ0n) is 15.3. The summed E-state index contributed by atoms with van der Waals surface area (Å²) >= 11 is 0. The first kappa shape index (κ1) is 18.7. The Labute approximate surface area is 157 Å². The van der Waals surface area contributed by atoms with Crippen molar-refractivity contribution in [2.45, 2.75) is 19.4 Å². The van der Waals surface area contributed by atoms with E-state index in [9.17, 15) is 14.4 Å². The fraction of sp³-hybridized carbons (Fsp3) is 0.350. The van der Waals surface area contributed by atoms with E-state index < -0.39 is 0 Å². The molecular formula is C20H23N3O4. The molecule has 0 spiro atoms. The van der Waals surface area contributed by atoms with Crippen LogP contribution >= 0.6 is 0 Å². The highest BCUT2D eigenvalue weighted by atomic mass is 16.5. The number of amides is 2. The summed E-state index contributed by atoms with van der Waals surface area (Å²) in [5, 5.41) is 2.87. The smallest absolute Gasteiger partial charge is 0.250 e. The summed E-state index contributed by atoms with van der Waals surface area (Å²) in [5.41, 5.74) is 0.626. The first-order valence-corrected chi connectivity index (χ1v) is 8.96. The number of hydrogen-bond donors (Lipinski definition) is 1. The van der Waals surface area contributed by atoms with E-state index >= 15 is 0 Å². The Balaban J connectivity index is 1.52. The molecule has 3 rings (SSSR count). The summed E-state index contributed by atoms with van der Waals surface area (Å²) < 4.78 is 6.92. The van der Waals surface area contributed by atoms with E-state index in [1.807, 2.05) is 18.2 Å². The van der Waals surface area contributed by atoms with Gasteiger partial charge < -0.3 is 19.5 Å². The number of benzene rings is 1. The molecule has 1 aromatic heterocycles. The number of aromatic nitrogens is 1. The lowest BCUT2D eigenvalue weighted by Gasteiger charge is -2.19. The molecule has 27 heavy (non-hydrogen) atoms. The van der Waals surface area contributed by atoms with Crippen molar-refractivity contribution in [3.63, 3.8) is 0 Å². The SMILES string of the molecule is COc1ccccc1N1C[C@H](C(=O)NCCCn2ccccc2=O)CC1=O. The van der Waals surface area contributed by atoms with Gasteiger partial charge in [0, 0.05) is 38.3 Å². The van der Waals surface area contributed by atoms with Gasteiger partial charge in [0.25, 0.3) is 0 Å². The van der Waals surface area contributed by atoms with Gasteiger partial charge in [-0.2, -0.15) is 0 Å². The van der Waals surface area contributed by atoms with Crippen LogP contribution in [0.1, 0.15) is 12.8 Å². The monoisotopic (exact) mass is 369 g/mol. The summed E-state index contributed by atoms with van der Waals surface area (Å²) in [4.78, 5) is 38.0. The van der Waals surface area contributed by atoms with Crippen molar-refractivity contribution < 1.29 is 14.3 Å². The van der Waals surface area contributed by atoms with E-state index in [2.05, 4.69) is 5.32 Å². The zero-order chi connectivity index (χ0) is 19.2. The number of nitrogens with one attached hydrogen (secondary N) is 1.